The molecule has 1 amide bonds. The van der Waals surface area contributed by atoms with Crippen LogP contribution in [-0.2, 0) is 19.0 Å². The summed E-state index contributed by atoms with van der Waals surface area (Å²) in [5.74, 6) is -0.602. The molecule has 0 aromatic heterocycles. The molecule has 1 saturated heterocycles. The van der Waals surface area contributed by atoms with E-state index in [0.29, 0.717) is 13.2 Å². The summed E-state index contributed by atoms with van der Waals surface area (Å²) in [5, 5.41) is 2.66. The molecule has 2 unspecified atom stereocenters. The van der Waals surface area contributed by atoms with Gasteiger partial charge in [0.2, 0.25) is 0 Å². The van der Waals surface area contributed by atoms with Gasteiger partial charge in [-0.2, -0.15) is 0 Å². The molecule has 122 valence electrons. The van der Waals surface area contributed by atoms with Gasteiger partial charge in [0.15, 0.2) is 0 Å². The maximum Gasteiger partial charge on any atom is 0.407 e. The Kier molecular flexibility index (Phi) is 6.95. The number of rotatable bonds is 5. The summed E-state index contributed by atoms with van der Waals surface area (Å²) in [7, 11) is 0. The number of nitrogens with one attached hydrogen (secondary N) is 1. The first-order valence-electron chi connectivity index (χ1n) is 7.54. The molecular weight excluding hydrogens is 274 g/mol. The minimum atomic E-state index is -0.558. The Morgan fingerprint density at radius 2 is 2.10 bits per heavy atom. The fraction of sp³-hybridized carbons (Fsp3) is 0.867. The highest BCUT2D eigenvalue weighted by atomic mass is 16.6. The lowest BCUT2D eigenvalue weighted by atomic mass is 9.87. The molecule has 1 aliphatic rings. The smallest absolute Gasteiger partial charge is 0.407 e. The van der Waals surface area contributed by atoms with Crippen molar-refractivity contribution in [3.8, 4) is 0 Å². The van der Waals surface area contributed by atoms with E-state index in [1.165, 1.54) is 0 Å². The van der Waals surface area contributed by atoms with Gasteiger partial charge in [-0.05, 0) is 46.5 Å². The molecule has 1 aliphatic heterocycles. The van der Waals surface area contributed by atoms with Crippen molar-refractivity contribution in [1.29, 1.82) is 0 Å². The average Bonchev–Trinajstić information content (AvgIpc) is 2.38. The average molecular weight is 301 g/mol. The quantitative estimate of drug-likeness (QED) is 0.787. The summed E-state index contributed by atoms with van der Waals surface area (Å²) in [4.78, 5) is 23.8. The minimum Gasteiger partial charge on any atom is -0.466 e. The SMILES string of the molecule is CCOC(=O)C(CNC(=O)OC(C)(C)C)C1CCCOC1. The fourth-order valence-corrected chi connectivity index (χ4v) is 2.28. The first-order valence-corrected chi connectivity index (χ1v) is 7.54. The van der Waals surface area contributed by atoms with Crippen molar-refractivity contribution in [2.75, 3.05) is 26.4 Å². The molecule has 21 heavy (non-hydrogen) atoms. The summed E-state index contributed by atoms with van der Waals surface area (Å²) < 4.78 is 15.7. The Labute approximate surface area is 126 Å². The number of esters is 1. The first kappa shape index (κ1) is 17.8. The van der Waals surface area contributed by atoms with E-state index in [0.717, 1.165) is 19.4 Å². The second-order valence-electron chi connectivity index (χ2n) is 6.22. The van der Waals surface area contributed by atoms with Crippen molar-refractivity contribution in [3.63, 3.8) is 0 Å². The lowest BCUT2D eigenvalue weighted by Gasteiger charge is -2.29. The van der Waals surface area contributed by atoms with E-state index in [1.54, 1.807) is 27.7 Å². The second-order valence-corrected chi connectivity index (χ2v) is 6.22. The van der Waals surface area contributed by atoms with E-state index in [-0.39, 0.29) is 18.4 Å². The van der Waals surface area contributed by atoms with Gasteiger partial charge in [0.1, 0.15) is 5.60 Å². The van der Waals surface area contributed by atoms with E-state index in [1.807, 2.05) is 0 Å². The lowest BCUT2D eigenvalue weighted by Crippen LogP contribution is -2.42. The zero-order chi connectivity index (χ0) is 15.9. The van der Waals surface area contributed by atoms with Crippen LogP contribution < -0.4 is 5.32 Å². The van der Waals surface area contributed by atoms with Gasteiger partial charge in [0.25, 0.3) is 0 Å². The Bertz CT molecular complexity index is 344. The molecular formula is C15H27NO5. The highest BCUT2D eigenvalue weighted by molar-refractivity contribution is 5.74. The Morgan fingerprint density at radius 3 is 2.62 bits per heavy atom. The molecule has 0 saturated carbocycles. The van der Waals surface area contributed by atoms with Crippen LogP contribution in [0.5, 0.6) is 0 Å². The van der Waals surface area contributed by atoms with E-state index in [9.17, 15) is 9.59 Å². The van der Waals surface area contributed by atoms with E-state index in [2.05, 4.69) is 5.32 Å². The molecule has 1 rings (SSSR count). The summed E-state index contributed by atoms with van der Waals surface area (Å²) >= 11 is 0. The molecule has 0 spiro atoms. The van der Waals surface area contributed by atoms with Crippen LogP contribution in [-0.4, -0.2) is 44.0 Å². The zero-order valence-corrected chi connectivity index (χ0v) is 13.4. The number of ether oxygens (including phenoxy) is 3. The van der Waals surface area contributed by atoms with Gasteiger partial charge < -0.3 is 19.5 Å². The Morgan fingerprint density at radius 1 is 1.38 bits per heavy atom. The molecule has 0 radical (unpaired) electrons. The number of carbonyl (C=O) groups is 2. The highest BCUT2D eigenvalue weighted by Crippen LogP contribution is 2.23. The number of hydrogen-bond donors (Lipinski definition) is 1. The number of carbonyl (C=O) groups excluding carboxylic acids is 2. The number of hydrogen-bond acceptors (Lipinski definition) is 5. The normalized spacial score (nSPS) is 20.5. The third-order valence-corrected chi connectivity index (χ3v) is 3.22. The largest absolute Gasteiger partial charge is 0.466 e. The Balaban J connectivity index is 2.56. The van der Waals surface area contributed by atoms with Crippen molar-refractivity contribution < 1.29 is 23.8 Å². The van der Waals surface area contributed by atoms with Crippen LogP contribution >= 0.6 is 0 Å². The molecule has 0 bridgehead atoms. The van der Waals surface area contributed by atoms with Crippen LogP contribution in [0.3, 0.4) is 0 Å². The van der Waals surface area contributed by atoms with E-state index in [4.69, 9.17) is 14.2 Å². The summed E-state index contributed by atoms with van der Waals surface area (Å²) in [5.41, 5.74) is -0.558. The molecule has 2 atom stereocenters. The van der Waals surface area contributed by atoms with Crippen LogP contribution in [0, 0.1) is 11.8 Å². The van der Waals surface area contributed by atoms with Gasteiger partial charge in [-0.25, -0.2) is 4.79 Å². The topological polar surface area (TPSA) is 73.9 Å². The molecule has 6 nitrogen and oxygen atoms in total. The molecule has 0 aromatic carbocycles. The van der Waals surface area contributed by atoms with Gasteiger partial charge in [-0.15, -0.1) is 0 Å². The van der Waals surface area contributed by atoms with Crippen LogP contribution in [0.15, 0.2) is 0 Å². The summed E-state index contributed by atoms with van der Waals surface area (Å²) in [6.45, 7) is 8.95. The standard InChI is InChI=1S/C15H27NO5/c1-5-20-13(17)12(11-7-6-8-19-10-11)9-16-14(18)21-15(2,3)4/h11-12H,5-10H2,1-4H3,(H,16,18). The number of alkyl carbamates (subject to hydrolysis) is 1. The number of amides is 1. The van der Waals surface area contributed by atoms with Crippen LogP contribution in [0.4, 0.5) is 4.79 Å². The van der Waals surface area contributed by atoms with Crippen molar-refractivity contribution in [2.24, 2.45) is 11.8 Å². The molecule has 0 aliphatic carbocycles. The maximum atomic E-state index is 12.1. The molecule has 1 N–H and O–H groups in total. The van der Waals surface area contributed by atoms with E-state index >= 15 is 0 Å². The van der Waals surface area contributed by atoms with Crippen molar-refractivity contribution >= 4 is 12.1 Å². The third kappa shape index (κ3) is 6.80. The maximum absolute atomic E-state index is 12.1. The van der Waals surface area contributed by atoms with Gasteiger partial charge in [-0.3, -0.25) is 4.79 Å². The fourth-order valence-electron chi connectivity index (χ4n) is 2.28. The van der Waals surface area contributed by atoms with Gasteiger partial charge in [0, 0.05) is 13.2 Å². The van der Waals surface area contributed by atoms with Crippen LogP contribution in [0.2, 0.25) is 0 Å². The monoisotopic (exact) mass is 301 g/mol. The summed E-state index contributed by atoms with van der Waals surface area (Å²) in [6.07, 6.45) is 1.31. The van der Waals surface area contributed by atoms with E-state index < -0.39 is 17.6 Å². The van der Waals surface area contributed by atoms with Crippen LogP contribution in [0.25, 0.3) is 0 Å². The predicted molar refractivity (Wildman–Crippen MR) is 77.9 cm³/mol. The molecule has 6 heteroatoms. The molecule has 1 fully saturated rings. The first-order chi connectivity index (χ1) is 9.83. The third-order valence-electron chi connectivity index (χ3n) is 3.22. The minimum absolute atomic E-state index is 0.0766. The Hall–Kier alpha value is -1.30. The van der Waals surface area contributed by atoms with Gasteiger partial charge in [-0.1, -0.05) is 0 Å². The van der Waals surface area contributed by atoms with Crippen molar-refractivity contribution in [2.45, 2.75) is 46.1 Å². The second kappa shape index (κ2) is 8.22. The molecule has 1 heterocycles. The molecule has 0 aromatic rings. The lowest BCUT2D eigenvalue weighted by molar-refractivity contribution is -0.151. The summed E-state index contributed by atoms with van der Waals surface area (Å²) in [6, 6.07) is 0. The van der Waals surface area contributed by atoms with Crippen molar-refractivity contribution in [3.05, 3.63) is 0 Å². The zero-order valence-electron chi connectivity index (χ0n) is 13.4. The highest BCUT2D eigenvalue weighted by Gasteiger charge is 2.32. The van der Waals surface area contributed by atoms with Gasteiger partial charge >= 0.3 is 12.1 Å². The van der Waals surface area contributed by atoms with Crippen LogP contribution in [0.1, 0.15) is 40.5 Å². The van der Waals surface area contributed by atoms with Gasteiger partial charge in [0.05, 0.1) is 19.1 Å². The van der Waals surface area contributed by atoms with Crippen molar-refractivity contribution in [1.82, 2.24) is 5.32 Å². The predicted octanol–water partition coefficient (Wildman–Crippen LogP) is 2.12.